The molecule has 4 rings (SSSR count). The smallest absolute Gasteiger partial charge is 0.303 e. The average Bonchev–Trinajstić information content (AvgIpc) is 3.09. The van der Waals surface area contributed by atoms with Crippen molar-refractivity contribution < 1.29 is 14.6 Å². The number of carboxylic acids is 1. The van der Waals surface area contributed by atoms with E-state index in [0.717, 1.165) is 37.5 Å². The van der Waals surface area contributed by atoms with Crippen molar-refractivity contribution in [2.75, 3.05) is 6.61 Å². The molecule has 0 radical (unpaired) electrons. The molecule has 120 valence electrons. The Hall–Kier alpha value is -1.55. The van der Waals surface area contributed by atoms with Crippen molar-refractivity contribution in [2.45, 2.75) is 57.4 Å². The summed E-state index contributed by atoms with van der Waals surface area (Å²) in [6.07, 6.45) is 5.92. The predicted molar refractivity (Wildman–Crippen MR) is 85.3 cm³/mol. The Labute approximate surface area is 131 Å². The summed E-state index contributed by atoms with van der Waals surface area (Å²) in [6.45, 7) is 2.82. The second-order valence-corrected chi connectivity index (χ2v) is 6.74. The second-order valence-electron chi connectivity index (χ2n) is 6.74. The van der Waals surface area contributed by atoms with Crippen LogP contribution >= 0.6 is 0 Å². The first-order valence-corrected chi connectivity index (χ1v) is 8.31. The van der Waals surface area contributed by atoms with Crippen LogP contribution in [0.25, 0.3) is 0 Å². The zero-order valence-corrected chi connectivity index (χ0v) is 13.2. The quantitative estimate of drug-likeness (QED) is 0.900. The van der Waals surface area contributed by atoms with Crippen LogP contribution in [0.4, 0.5) is 0 Å². The van der Waals surface area contributed by atoms with E-state index in [0.29, 0.717) is 6.04 Å². The first-order valence-electron chi connectivity index (χ1n) is 8.31. The van der Waals surface area contributed by atoms with Crippen LogP contribution in [0.3, 0.4) is 0 Å². The second kappa shape index (κ2) is 6.29. The molecule has 2 atom stereocenters. The van der Waals surface area contributed by atoms with E-state index in [9.17, 15) is 4.79 Å². The summed E-state index contributed by atoms with van der Waals surface area (Å²) in [6, 6.07) is 4.59. The predicted octanol–water partition coefficient (Wildman–Crippen LogP) is 2.87. The van der Waals surface area contributed by atoms with Crippen LogP contribution in [-0.2, 0) is 17.6 Å². The van der Waals surface area contributed by atoms with Gasteiger partial charge in [0.25, 0.3) is 0 Å². The molecule has 4 heteroatoms. The zero-order valence-electron chi connectivity index (χ0n) is 13.2. The number of fused-ring (bicyclic) bond motifs is 3. The first kappa shape index (κ1) is 15.3. The lowest BCUT2D eigenvalue weighted by Gasteiger charge is -2.12. The third kappa shape index (κ3) is 3.27. The summed E-state index contributed by atoms with van der Waals surface area (Å²) < 4.78 is 5.53. The van der Waals surface area contributed by atoms with E-state index >= 15 is 0 Å². The van der Waals surface area contributed by atoms with Gasteiger partial charge in [0, 0.05) is 18.0 Å². The van der Waals surface area contributed by atoms with Gasteiger partial charge in [0.2, 0.25) is 0 Å². The molecule has 1 aliphatic heterocycles. The number of aliphatic carboxylic acids is 1. The molecule has 2 aliphatic carbocycles. The molecule has 22 heavy (non-hydrogen) atoms. The van der Waals surface area contributed by atoms with E-state index in [1.54, 1.807) is 0 Å². The number of rotatable bonds is 3. The fourth-order valence-corrected chi connectivity index (χ4v) is 3.59. The largest absolute Gasteiger partial charge is 0.493 e. The lowest BCUT2D eigenvalue weighted by atomic mass is 9.92. The van der Waals surface area contributed by atoms with Crippen LogP contribution in [0.15, 0.2) is 12.1 Å². The van der Waals surface area contributed by atoms with Crippen molar-refractivity contribution in [1.29, 1.82) is 0 Å². The van der Waals surface area contributed by atoms with Gasteiger partial charge in [-0.3, -0.25) is 4.79 Å². The van der Waals surface area contributed by atoms with Gasteiger partial charge < -0.3 is 15.6 Å². The molecule has 1 fully saturated rings. The Balaban J connectivity index is 0.000000202. The van der Waals surface area contributed by atoms with Crippen LogP contribution in [0.5, 0.6) is 5.75 Å². The number of nitrogens with two attached hydrogens (primary N) is 1. The molecule has 4 nitrogen and oxygen atoms in total. The van der Waals surface area contributed by atoms with E-state index in [1.807, 2.05) is 6.07 Å². The fraction of sp³-hybridized carbons (Fsp3) is 0.611. The zero-order chi connectivity index (χ0) is 15.7. The van der Waals surface area contributed by atoms with E-state index in [2.05, 4.69) is 13.0 Å². The standard InChI is InChI=1S/C13H14O3.C5H11N/c14-12(15)7-9-2-1-8-3-4-11-10(13(8)9)5-6-16-11;1-4(6)5-2-3-5/h3-4,9H,1-2,5-7H2,(H,14,15);4-5H,2-3,6H2,1H3/t9-;4-/m00/s1. The summed E-state index contributed by atoms with van der Waals surface area (Å²) in [5.74, 6) is 1.35. The summed E-state index contributed by atoms with van der Waals surface area (Å²) in [5, 5.41) is 8.92. The monoisotopic (exact) mass is 303 g/mol. The Morgan fingerprint density at radius 2 is 2.14 bits per heavy atom. The molecule has 1 heterocycles. The molecule has 0 bridgehead atoms. The van der Waals surface area contributed by atoms with E-state index in [-0.39, 0.29) is 12.3 Å². The van der Waals surface area contributed by atoms with Crippen molar-refractivity contribution in [3.63, 3.8) is 0 Å². The maximum atomic E-state index is 10.8. The van der Waals surface area contributed by atoms with Crippen LogP contribution in [0, 0.1) is 5.92 Å². The number of carbonyl (C=O) groups is 1. The molecule has 1 aromatic carbocycles. The van der Waals surface area contributed by atoms with Gasteiger partial charge in [-0.25, -0.2) is 0 Å². The molecule has 0 spiro atoms. The third-order valence-corrected chi connectivity index (χ3v) is 4.97. The molecule has 1 saturated carbocycles. The lowest BCUT2D eigenvalue weighted by Crippen LogP contribution is -2.16. The van der Waals surface area contributed by atoms with E-state index in [1.165, 1.54) is 29.5 Å². The number of carboxylic acid groups (broad SMARTS) is 1. The number of hydrogen-bond acceptors (Lipinski definition) is 3. The third-order valence-electron chi connectivity index (χ3n) is 4.97. The minimum atomic E-state index is -0.700. The molecule has 1 aromatic rings. The number of aryl methyl sites for hydroxylation is 1. The maximum absolute atomic E-state index is 10.8. The molecule has 0 unspecified atom stereocenters. The highest BCUT2D eigenvalue weighted by atomic mass is 16.5. The highest BCUT2D eigenvalue weighted by Crippen LogP contribution is 2.43. The van der Waals surface area contributed by atoms with Gasteiger partial charge in [-0.05, 0) is 61.6 Å². The van der Waals surface area contributed by atoms with Crippen LogP contribution in [-0.4, -0.2) is 23.7 Å². The highest BCUT2D eigenvalue weighted by Gasteiger charge is 2.30. The summed E-state index contributed by atoms with van der Waals surface area (Å²) in [5.41, 5.74) is 9.37. The van der Waals surface area contributed by atoms with Crippen LogP contribution < -0.4 is 10.5 Å². The first-order chi connectivity index (χ1) is 10.6. The number of hydrogen-bond donors (Lipinski definition) is 2. The normalized spacial score (nSPS) is 22.9. The van der Waals surface area contributed by atoms with Gasteiger partial charge in [0.1, 0.15) is 5.75 Å². The van der Waals surface area contributed by atoms with E-state index in [4.69, 9.17) is 15.6 Å². The van der Waals surface area contributed by atoms with Crippen molar-refractivity contribution in [3.05, 3.63) is 28.8 Å². The topological polar surface area (TPSA) is 72.6 Å². The molecule has 3 aliphatic rings. The molecule has 0 aromatic heterocycles. The molecule has 0 saturated heterocycles. The van der Waals surface area contributed by atoms with Gasteiger partial charge in [-0.15, -0.1) is 0 Å². The number of benzene rings is 1. The Morgan fingerprint density at radius 3 is 2.73 bits per heavy atom. The van der Waals surface area contributed by atoms with Gasteiger partial charge in [0.05, 0.1) is 13.0 Å². The summed E-state index contributed by atoms with van der Waals surface area (Å²) in [7, 11) is 0. The van der Waals surface area contributed by atoms with Crippen LogP contribution in [0.2, 0.25) is 0 Å². The van der Waals surface area contributed by atoms with Crippen molar-refractivity contribution in [1.82, 2.24) is 0 Å². The molecule has 3 N–H and O–H groups in total. The molecular formula is C18H25NO3. The summed E-state index contributed by atoms with van der Waals surface area (Å²) >= 11 is 0. The van der Waals surface area contributed by atoms with Crippen LogP contribution in [0.1, 0.15) is 55.2 Å². The van der Waals surface area contributed by atoms with Crippen molar-refractivity contribution in [2.24, 2.45) is 11.7 Å². The lowest BCUT2D eigenvalue weighted by molar-refractivity contribution is -0.137. The van der Waals surface area contributed by atoms with Gasteiger partial charge in [-0.2, -0.15) is 0 Å². The Bertz CT molecular complexity index is 564. The van der Waals surface area contributed by atoms with E-state index < -0.39 is 5.97 Å². The molecule has 0 amide bonds. The van der Waals surface area contributed by atoms with Crippen molar-refractivity contribution >= 4 is 5.97 Å². The van der Waals surface area contributed by atoms with Crippen molar-refractivity contribution in [3.8, 4) is 5.75 Å². The maximum Gasteiger partial charge on any atom is 0.303 e. The minimum Gasteiger partial charge on any atom is -0.493 e. The van der Waals surface area contributed by atoms with Gasteiger partial charge in [-0.1, -0.05) is 6.07 Å². The SMILES string of the molecule is C[C@H](N)C1CC1.O=C(O)C[C@@H]1CCc2ccc3c(c21)CCO3. The molecular weight excluding hydrogens is 278 g/mol. The Morgan fingerprint density at radius 1 is 1.36 bits per heavy atom. The minimum absolute atomic E-state index is 0.198. The fourth-order valence-electron chi connectivity index (χ4n) is 3.59. The Kier molecular flexibility index (Phi) is 4.39. The van der Waals surface area contributed by atoms with Gasteiger partial charge in [0.15, 0.2) is 0 Å². The highest BCUT2D eigenvalue weighted by molar-refractivity contribution is 5.69. The van der Waals surface area contributed by atoms with Gasteiger partial charge >= 0.3 is 5.97 Å². The number of ether oxygens (including phenoxy) is 1. The average molecular weight is 303 g/mol. The summed E-state index contributed by atoms with van der Waals surface area (Å²) in [4.78, 5) is 10.8.